The van der Waals surface area contributed by atoms with Crippen LogP contribution >= 0.6 is 31.9 Å². The maximum Gasteiger partial charge on any atom is 0.275 e. The molecular formula is C13H10Br2N2O2. The number of aromatic nitrogens is 1. The number of nitrogens with zero attached hydrogens (tertiary/aromatic N) is 1. The molecule has 1 aromatic carbocycles. The molecule has 19 heavy (non-hydrogen) atoms. The number of nitrogens with one attached hydrogen (secondary N) is 1. The van der Waals surface area contributed by atoms with E-state index in [2.05, 4.69) is 42.2 Å². The van der Waals surface area contributed by atoms with Gasteiger partial charge in [0.2, 0.25) is 0 Å². The standard InChI is InChI=1S/C13H10Br2N2O2/c1-19-10-6-8(14)5-9(7-10)17-13(18)12-11(15)3-2-4-16-12/h2-7H,1H3,(H,17,18). The normalized spacial score (nSPS) is 10.1. The van der Waals surface area contributed by atoms with Gasteiger partial charge in [0, 0.05) is 26.9 Å². The van der Waals surface area contributed by atoms with Gasteiger partial charge in [-0.2, -0.15) is 0 Å². The lowest BCUT2D eigenvalue weighted by Crippen LogP contribution is -2.14. The van der Waals surface area contributed by atoms with Crippen LogP contribution in [0.15, 0.2) is 45.5 Å². The van der Waals surface area contributed by atoms with Gasteiger partial charge >= 0.3 is 0 Å². The van der Waals surface area contributed by atoms with E-state index in [1.807, 2.05) is 6.07 Å². The van der Waals surface area contributed by atoms with Crippen molar-refractivity contribution < 1.29 is 9.53 Å². The van der Waals surface area contributed by atoms with Crippen molar-refractivity contribution in [2.45, 2.75) is 0 Å². The van der Waals surface area contributed by atoms with E-state index in [1.165, 1.54) is 0 Å². The number of hydrogen-bond donors (Lipinski definition) is 1. The topological polar surface area (TPSA) is 51.2 Å². The molecule has 0 aliphatic rings. The summed E-state index contributed by atoms with van der Waals surface area (Å²) in [5, 5.41) is 2.77. The Hall–Kier alpha value is -1.40. The lowest BCUT2D eigenvalue weighted by atomic mass is 10.2. The summed E-state index contributed by atoms with van der Waals surface area (Å²) in [4.78, 5) is 16.1. The lowest BCUT2D eigenvalue weighted by molar-refractivity contribution is 0.102. The highest BCUT2D eigenvalue weighted by Crippen LogP contribution is 2.25. The third-order valence-electron chi connectivity index (χ3n) is 2.34. The summed E-state index contributed by atoms with van der Waals surface area (Å²) in [5.41, 5.74) is 0.968. The predicted molar refractivity (Wildman–Crippen MR) is 80.6 cm³/mol. The summed E-state index contributed by atoms with van der Waals surface area (Å²) in [6.07, 6.45) is 1.57. The van der Waals surface area contributed by atoms with E-state index in [1.54, 1.807) is 37.6 Å². The minimum Gasteiger partial charge on any atom is -0.497 e. The molecule has 1 aromatic heterocycles. The van der Waals surface area contributed by atoms with Crippen molar-refractivity contribution in [2.75, 3.05) is 12.4 Å². The Balaban J connectivity index is 2.24. The van der Waals surface area contributed by atoms with E-state index in [4.69, 9.17) is 4.74 Å². The molecule has 1 heterocycles. The molecule has 6 heteroatoms. The second kappa shape index (κ2) is 6.16. The van der Waals surface area contributed by atoms with Crippen molar-refractivity contribution in [1.29, 1.82) is 0 Å². The van der Waals surface area contributed by atoms with Gasteiger partial charge in [0.25, 0.3) is 5.91 Å². The molecule has 0 fully saturated rings. The number of hydrogen-bond acceptors (Lipinski definition) is 3. The SMILES string of the molecule is COc1cc(Br)cc(NC(=O)c2ncccc2Br)c1. The van der Waals surface area contributed by atoms with Gasteiger partial charge in [-0.05, 0) is 40.2 Å². The zero-order valence-corrected chi connectivity index (χ0v) is 13.2. The maximum atomic E-state index is 12.1. The summed E-state index contributed by atoms with van der Waals surface area (Å²) in [6.45, 7) is 0. The molecule has 4 nitrogen and oxygen atoms in total. The van der Waals surface area contributed by atoms with Crippen molar-refractivity contribution in [3.05, 3.63) is 51.2 Å². The first-order valence-electron chi connectivity index (χ1n) is 5.36. The number of pyridine rings is 1. The van der Waals surface area contributed by atoms with E-state index in [0.717, 1.165) is 4.47 Å². The van der Waals surface area contributed by atoms with Crippen LogP contribution in [0.2, 0.25) is 0 Å². The number of amides is 1. The highest BCUT2D eigenvalue weighted by atomic mass is 79.9. The highest BCUT2D eigenvalue weighted by Gasteiger charge is 2.12. The highest BCUT2D eigenvalue weighted by molar-refractivity contribution is 9.10. The molecule has 0 saturated heterocycles. The second-order valence-corrected chi connectivity index (χ2v) is 5.44. The Labute approximate surface area is 127 Å². The van der Waals surface area contributed by atoms with Crippen molar-refractivity contribution >= 4 is 43.5 Å². The van der Waals surface area contributed by atoms with E-state index in [0.29, 0.717) is 21.6 Å². The quantitative estimate of drug-likeness (QED) is 0.872. The van der Waals surface area contributed by atoms with E-state index in [9.17, 15) is 4.79 Å². The number of benzene rings is 1. The second-order valence-electron chi connectivity index (χ2n) is 3.67. The molecule has 0 aliphatic carbocycles. The number of methoxy groups -OCH3 is 1. The van der Waals surface area contributed by atoms with Crippen molar-refractivity contribution in [3.63, 3.8) is 0 Å². The van der Waals surface area contributed by atoms with Crippen LogP contribution in [-0.2, 0) is 0 Å². The fourth-order valence-corrected chi connectivity index (χ4v) is 2.40. The van der Waals surface area contributed by atoms with Crippen LogP contribution in [0.1, 0.15) is 10.5 Å². The van der Waals surface area contributed by atoms with Gasteiger partial charge in [-0.15, -0.1) is 0 Å². The number of halogens is 2. The molecule has 1 amide bonds. The maximum absolute atomic E-state index is 12.1. The minimum absolute atomic E-state index is 0.285. The van der Waals surface area contributed by atoms with Crippen LogP contribution in [0.5, 0.6) is 5.75 Å². The molecule has 1 N–H and O–H groups in total. The smallest absolute Gasteiger partial charge is 0.275 e. The van der Waals surface area contributed by atoms with Crippen molar-refractivity contribution in [3.8, 4) is 5.75 Å². The largest absolute Gasteiger partial charge is 0.497 e. The first kappa shape index (κ1) is 14.0. The zero-order chi connectivity index (χ0) is 13.8. The summed E-state index contributed by atoms with van der Waals surface area (Å²) >= 11 is 6.65. The monoisotopic (exact) mass is 384 g/mol. The fraction of sp³-hybridized carbons (Fsp3) is 0.0769. The predicted octanol–water partition coefficient (Wildman–Crippen LogP) is 3.87. The van der Waals surface area contributed by atoms with E-state index in [-0.39, 0.29) is 5.91 Å². The van der Waals surface area contributed by atoms with Gasteiger partial charge in [0.15, 0.2) is 0 Å². The molecule has 2 rings (SSSR count). The van der Waals surface area contributed by atoms with Gasteiger partial charge < -0.3 is 10.1 Å². The molecule has 0 unspecified atom stereocenters. The average molecular weight is 386 g/mol. The van der Waals surface area contributed by atoms with Gasteiger partial charge in [-0.25, -0.2) is 4.98 Å². The van der Waals surface area contributed by atoms with Crippen LogP contribution in [0.4, 0.5) is 5.69 Å². The first-order chi connectivity index (χ1) is 9.10. The summed E-state index contributed by atoms with van der Waals surface area (Å²) in [7, 11) is 1.57. The van der Waals surface area contributed by atoms with Crippen LogP contribution in [0.3, 0.4) is 0 Å². The van der Waals surface area contributed by atoms with Gasteiger partial charge in [-0.3, -0.25) is 4.79 Å². The molecule has 98 valence electrons. The minimum atomic E-state index is -0.285. The molecule has 2 aromatic rings. The molecule has 0 bridgehead atoms. The fourth-order valence-electron chi connectivity index (χ4n) is 1.50. The Kier molecular flexibility index (Phi) is 4.55. The summed E-state index contributed by atoms with van der Waals surface area (Å²) in [6, 6.07) is 8.86. The lowest BCUT2D eigenvalue weighted by Gasteiger charge is -2.08. The summed E-state index contributed by atoms with van der Waals surface area (Å²) < 4.78 is 6.61. The number of ether oxygens (including phenoxy) is 1. The molecule has 0 saturated carbocycles. The Bertz CT molecular complexity index is 617. The van der Waals surface area contributed by atoms with Crippen molar-refractivity contribution in [2.24, 2.45) is 0 Å². The van der Waals surface area contributed by atoms with Gasteiger partial charge in [-0.1, -0.05) is 15.9 Å². The van der Waals surface area contributed by atoms with Crippen LogP contribution in [-0.4, -0.2) is 18.0 Å². The van der Waals surface area contributed by atoms with E-state index < -0.39 is 0 Å². The molecule has 0 radical (unpaired) electrons. The first-order valence-corrected chi connectivity index (χ1v) is 6.95. The third kappa shape index (κ3) is 3.54. The van der Waals surface area contributed by atoms with Crippen LogP contribution in [0.25, 0.3) is 0 Å². The molecule has 0 aliphatic heterocycles. The number of rotatable bonds is 3. The van der Waals surface area contributed by atoms with Gasteiger partial charge in [0.1, 0.15) is 11.4 Å². The number of carbonyl (C=O) groups is 1. The number of anilines is 1. The van der Waals surface area contributed by atoms with Crippen LogP contribution < -0.4 is 10.1 Å². The van der Waals surface area contributed by atoms with Crippen molar-refractivity contribution in [1.82, 2.24) is 4.98 Å². The third-order valence-corrected chi connectivity index (χ3v) is 3.44. The molecule has 0 spiro atoms. The number of carbonyl (C=O) groups excluding carboxylic acids is 1. The van der Waals surface area contributed by atoms with E-state index >= 15 is 0 Å². The molecule has 0 atom stereocenters. The molecular weight excluding hydrogens is 376 g/mol. The van der Waals surface area contributed by atoms with Gasteiger partial charge in [0.05, 0.1) is 7.11 Å². The summed E-state index contributed by atoms with van der Waals surface area (Å²) in [5.74, 6) is 0.373. The Morgan fingerprint density at radius 3 is 2.79 bits per heavy atom. The Morgan fingerprint density at radius 1 is 1.32 bits per heavy atom. The van der Waals surface area contributed by atoms with Crippen LogP contribution in [0, 0.1) is 0 Å². The average Bonchev–Trinajstić information content (AvgIpc) is 2.38. The zero-order valence-electron chi connectivity index (χ0n) is 9.98. The Morgan fingerprint density at radius 2 is 2.11 bits per heavy atom.